The predicted octanol–water partition coefficient (Wildman–Crippen LogP) is 22.3. The van der Waals surface area contributed by atoms with Crippen LogP contribution >= 0.6 is 0 Å². The van der Waals surface area contributed by atoms with Crippen LogP contribution in [0, 0.1) is 0 Å². The summed E-state index contributed by atoms with van der Waals surface area (Å²) < 4.78 is 16.9. The number of carbonyl (C=O) groups excluding carboxylic acids is 3. The minimum Gasteiger partial charge on any atom is -0.462 e. The Morgan fingerprint density at radius 1 is 0.276 bits per heavy atom. The van der Waals surface area contributed by atoms with Crippen molar-refractivity contribution in [3.63, 3.8) is 0 Å². The lowest BCUT2D eigenvalue weighted by atomic mass is 10.0. The second-order valence-corrected chi connectivity index (χ2v) is 21.6. The van der Waals surface area contributed by atoms with E-state index in [1.54, 1.807) is 0 Å². The Hall–Kier alpha value is -3.41. The molecule has 0 aliphatic rings. The van der Waals surface area contributed by atoms with E-state index in [0.29, 0.717) is 19.3 Å². The van der Waals surface area contributed by atoms with Gasteiger partial charge in [0.2, 0.25) is 0 Å². The molecule has 0 spiro atoms. The van der Waals surface area contributed by atoms with E-state index >= 15 is 0 Å². The van der Waals surface area contributed by atoms with E-state index in [1.807, 2.05) is 0 Å². The number of carbonyl (C=O) groups is 3. The van der Waals surface area contributed by atoms with Crippen LogP contribution in [0.1, 0.15) is 323 Å². The van der Waals surface area contributed by atoms with Crippen molar-refractivity contribution in [1.82, 2.24) is 0 Å². The van der Waals surface area contributed by atoms with Crippen LogP contribution in [0.2, 0.25) is 0 Å². The van der Waals surface area contributed by atoms with Crippen LogP contribution in [0.25, 0.3) is 0 Å². The van der Waals surface area contributed by atoms with Crippen molar-refractivity contribution in [3.8, 4) is 0 Å². The lowest BCUT2D eigenvalue weighted by molar-refractivity contribution is -0.167. The van der Waals surface area contributed by atoms with Crippen molar-refractivity contribution in [2.45, 2.75) is 329 Å². The van der Waals surface area contributed by atoms with Gasteiger partial charge in [0.15, 0.2) is 6.10 Å². The maximum Gasteiger partial charge on any atom is 0.306 e. The van der Waals surface area contributed by atoms with Gasteiger partial charge in [0.25, 0.3) is 0 Å². The van der Waals surface area contributed by atoms with Gasteiger partial charge in [-0.1, -0.05) is 292 Å². The third-order valence-electron chi connectivity index (χ3n) is 14.1. The molecule has 0 saturated heterocycles. The third kappa shape index (κ3) is 61.4. The van der Waals surface area contributed by atoms with Crippen molar-refractivity contribution in [2.75, 3.05) is 13.2 Å². The second-order valence-electron chi connectivity index (χ2n) is 21.6. The molecule has 0 aromatic rings. The number of hydrogen-bond donors (Lipinski definition) is 0. The minimum atomic E-state index is -0.789. The van der Waals surface area contributed by atoms with E-state index in [9.17, 15) is 14.4 Å². The van der Waals surface area contributed by atoms with Gasteiger partial charge in [-0.25, -0.2) is 0 Å². The molecule has 0 saturated carbocycles. The summed E-state index contributed by atoms with van der Waals surface area (Å²) in [6.07, 6.45) is 84.4. The average molecular weight is 1060 g/mol. The molecular weight excluding hydrogens is 937 g/mol. The molecule has 438 valence electrons. The van der Waals surface area contributed by atoms with Gasteiger partial charge in [-0.05, 0) is 96.3 Å². The van der Waals surface area contributed by atoms with Gasteiger partial charge >= 0.3 is 17.9 Å². The lowest BCUT2D eigenvalue weighted by Gasteiger charge is -2.18. The van der Waals surface area contributed by atoms with E-state index < -0.39 is 6.10 Å². The van der Waals surface area contributed by atoms with E-state index in [4.69, 9.17) is 14.2 Å². The molecule has 1 unspecified atom stereocenters. The Morgan fingerprint density at radius 2 is 0.513 bits per heavy atom. The molecule has 0 aromatic heterocycles. The number of rotatable bonds is 59. The summed E-state index contributed by atoms with van der Waals surface area (Å²) in [4.78, 5) is 38.4. The van der Waals surface area contributed by atoms with Gasteiger partial charge in [0.1, 0.15) is 13.2 Å². The highest BCUT2D eigenvalue weighted by atomic mass is 16.6. The molecule has 0 aromatic carbocycles. The third-order valence-corrected chi connectivity index (χ3v) is 14.1. The molecule has 0 aliphatic carbocycles. The molecule has 0 aliphatic heterocycles. The van der Waals surface area contributed by atoms with Crippen LogP contribution in [0.15, 0.2) is 85.1 Å². The highest BCUT2D eigenvalue weighted by Crippen LogP contribution is 2.17. The smallest absolute Gasteiger partial charge is 0.306 e. The number of ether oxygens (including phenoxy) is 3. The van der Waals surface area contributed by atoms with Gasteiger partial charge in [-0.3, -0.25) is 14.4 Å². The average Bonchev–Trinajstić information content (AvgIpc) is 3.42. The molecule has 0 fully saturated rings. The number of hydrogen-bond acceptors (Lipinski definition) is 6. The molecule has 0 bridgehead atoms. The summed E-state index contributed by atoms with van der Waals surface area (Å²) in [6, 6.07) is 0. The summed E-state index contributed by atoms with van der Waals surface area (Å²) in [5.74, 6) is -0.895. The first-order chi connectivity index (χ1) is 37.5. The van der Waals surface area contributed by atoms with E-state index in [0.717, 1.165) is 109 Å². The van der Waals surface area contributed by atoms with Gasteiger partial charge in [-0.2, -0.15) is 0 Å². The fraction of sp³-hybridized carbons (Fsp3) is 0.757. The molecule has 6 heteroatoms. The zero-order chi connectivity index (χ0) is 55.0. The monoisotopic (exact) mass is 1060 g/mol. The molecular formula is C70H122O6. The molecule has 0 heterocycles. The minimum absolute atomic E-state index is 0.0826. The Labute approximate surface area is 471 Å². The van der Waals surface area contributed by atoms with E-state index in [-0.39, 0.29) is 31.1 Å². The van der Waals surface area contributed by atoms with Crippen molar-refractivity contribution in [1.29, 1.82) is 0 Å². The van der Waals surface area contributed by atoms with Crippen molar-refractivity contribution in [2.24, 2.45) is 0 Å². The van der Waals surface area contributed by atoms with Crippen molar-refractivity contribution < 1.29 is 28.6 Å². The van der Waals surface area contributed by atoms with Crippen LogP contribution in [-0.2, 0) is 28.6 Å². The van der Waals surface area contributed by atoms with E-state index in [1.165, 1.54) is 173 Å². The van der Waals surface area contributed by atoms with E-state index in [2.05, 4.69) is 106 Å². The van der Waals surface area contributed by atoms with Gasteiger partial charge in [0, 0.05) is 19.3 Å². The SMILES string of the molecule is CC/C=C\C/C=C\C/C=C\C/C=C\C/C=C\C/C=C\CCCCCCC(=O)OCC(COC(=O)CCCCCCCCCCCCCCCCCC)OC(=O)CCCCCCCCCCC/C=C\CCCCCCCC. The first kappa shape index (κ1) is 72.6. The first-order valence-electron chi connectivity index (χ1n) is 32.6. The molecule has 0 rings (SSSR count). The normalized spacial score (nSPS) is 12.6. The second kappa shape index (κ2) is 64.1. The highest BCUT2D eigenvalue weighted by molar-refractivity contribution is 5.71. The molecule has 0 N–H and O–H groups in total. The zero-order valence-electron chi connectivity index (χ0n) is 50.3. The number of esters is 3. The predicted molar refractivity (Wildman–Crippen MR) is 330 cm³/mol. The van der Waals surface area contributed by atoms with Crippen molar-refractivity contribution in [3.05, 3.63) is 85.1 Å². The maximum atomic E-state index is 12.9. The largest absolute Gasteiger partial charge is 0.462 e. The fourth-order valence-corrected chi connectivity index (χ4v) is 9.27. The Kier molecular flexibility index (Phi) is 61.2. The quantitative estimate of drug-likeness (QED) is 0.0261. The molecule has 76 heavy (non-hydrogen) atoms. The van der Waals surface area contributed by atoms with Gasteiger partial charge in [-0.15, -0.1) is 0 Å². The van der Waals surface area contributed by atoms with Crippen LogP contribution in [0.3, 0.4) is 0 Å². The maximum absolute atomic E-state index is 12.9. The number of allylic oxidation sites excluding steroid dienone is 14. The van der Waals surface area contributed by atoms with Crippen LogP contribution in [-0.4, -0.2) is 37.2 Å². The molecule has 6 nitrogen and oxygen atoms in total. The highest BCUT2D eigenvalue weighted by Gasteiger charge is 2.19. The topological polar surface area (TPSA) is 78.9 Å². The molecule has 1 atom stereocenters. The first-order valence-corrected chi connectivity index (χ1v) is 32.6. The van der Waals surface area contributed by atoms with Crippen LogP contribution in [0.5, 0.6) is 0 Å². The molecule has 0 radical (unpaired) electrons. The van der Waals surface area contributed by atoms with Crippen LogP contribution in [0.4, 0.5) is 0 Å². The Morgan fingerprint density at radius 3 is 0.816 bits per heavy atom. The summed E-state index contributed by atoms with van der Waals surface area (Å²) >= 11 is 0. The Balaban J connectivity index is 4.41. The van der Waals surface area contributed by atoms with Crippen molar-refractivity contribution >= 4 is 17.9 Å². The lowest BCUT2D eigenvalue weighted by Crippen LogP contribution is -2.30. The Bertz CT molecular complexity index is 1450. The summed E-state index contributed by atoms with van der Waals surface area (Å²) in [6.45, 7) is 6.54. The van der Waals surface area contributed by atoms with Gasteiger partial charge in [0.05, 0.1) is 0 Å². The summed E-state index contributed by atoms with van der Waals surface area (Å²) in [7, 11) is 0. The number of unbranched alkanes of at least 4 members (excludes halogenated alkanes) is 34. The summed E-state index contributed by atoms with van der Waals surface area (Å²) in [5, 5.41) is 0. The van der Waals surface area contributed by atoms with Crippen LogP contribution < -0.4 is 0 Å². The molecule has 0 amide bonds. The standard InChI is InChI=1S/C70H122O6/c1-4-7-10-13-16-19-22-25-28-31-33-34-35-36-38-39-42-45-48-51-54-57-60-63-69(72)75-66-67(65-74-68(71)62-59-56-53-50-47-44-41-30-27-24-21-18-15-12-9-6-3)76-70(73)64-61-58-55-52-49-46-43-40-37-32-29-26-23-20-17-14-11-8-5-2/h7,10,16,19,25-26,28-29,33-34,36,38,42,45,67H,4-6,8-9,11-15,17-18,20-24,27,30-32,35,37,39-41,43-44,46-66H2,1-3H3/b10-7-,19-16-,28-25-,29-26-,34-33-,38-36-,45-42-. The van der Waals surface area contributed by atoms with Gasteiger partial charge < -0.3 is 14.2 Å². The summed E-state index contributed by atoms with van der Waals surface area (Å²) in [5.41, 5.74) is 0. The fourth-order valence-electron chi connectivity index (χ4n) is 9.27. The zero-order valence-corrected chi connectivity index (χ0v) is 50.3.